The molecule has 0 saturated heterocycles. The minimum absolute atomic E-state index is 0.115. The zero-order valence-electron chi connectivity index (χ0n) is 16.1. The van der Waals surface area contributed by atoms with Crippen LogP contribution in [0.25, 0.3) is 23.1 Å². The van der Waals surface area contributed by atoms with Crippen LogP contribution in [0.1, 0.15) is 49.7 Å². The van der Waals surface area contributed by atoms with Crippen molar-refractivity contribution < 1.29 is 4.42 Å². The Kier molecular flexibility index (Phi) is 3.82. The van der Waals surface area contributed by atoms with Crippen LogP contribution in [0, 0.1) is 5.41 Å². The van der Waals surface area contributed by atoms with Crippen LogP contribution >= 0.6 is 0 Å². The molecular weight excluding hydrogens is 352 g/mol. The second kappa shape index (κ2) is 6.26. The van der Waals surface area contributed by atoms with E-state index in [-0.39, 0.29) is 11.0 Å². The molecule has 0 atom stereocenters. The number of aryl methyl sites for hydroxylation is 1. The van der Waals surface area contributed by atoms with Gasteiger partial charge in [-0.2, -0.15) is 0 Å². The first kappa shape index (κ1) is 17.1. The lowest BCUT2D eigenvalue weighted by atomic mass is 9.84. The molecule has 0 N–H and O–H groups in total. The van der Waals surface area contributed by atoms with Gasteiger partial charge in [-0.3, -0.25) is 14.3 Å². The smallest absolute Gasteiger partial charge is 0.257 e. The monoisotopic (exact) mass is 374 g/mol. The van der Waals surface area contributed by atoms with E-state index in [1.54, 1.807) is 12.4 Å². The van der Waals surface area contributed by atoms with Gasteiger partial charge in [0.25, 0.3) is 5.56 Å². The predicted molar refractivity (Wildman–Crippen MR) is 107 cm³/mol. The van der Waals surface area contributed by atoms with Crippen LogP contribution in [0.15, 0.2) is 39.8 Å². The molecule has 0 radical (unpaired) electrons. The SMILES string of the molecule is CC1(C)CCc2nc3c(c(=O)n2C1)CCC(c1ncc(-c2ccccn2)o1)=C3. The molecule has 6 heteroatoms. The van der Waals surface area contributed by atoms with E-state index in [2.05, 4.69) is 23.8 Å². The molecular formula is C22H22N4O2. The van der Waals surface area contributed by atoms with Crippen molar-refractivity contribution in [2.75, 3.05) is 0 Å². The highest BCUT2D eigenvalue weighted by atomic mass is 16.4. The number of oxazole rings is 1. The molecule has 142 valence electrons. The minimum atomic E-state index is 0.115. The Balaban J connectivity index is 1.52. The quantitative estimate of drug-likeness (QED) is 0.683. The first-order chi connectivity index (χ1) is 13.5. The van der Waals surface area contributed by atoms with Gasteiger partial charge >= 0.3 is 0 Å². The summed E-state index contributed by atoms with van der Waals surface area (Å²) in [5, 5.41) is 0. The largest absolute Gasteiger partial charge is 0.435 e. The van der Waals surface area contributed by atoms with Gasteiger partial charge < -0.3 is 4.42 Å². The van der Waals surface area contributed by atoms with Crippen LogP contribution in [0.4, 0.5) is 0 Å². The number of pyridine rings is 1. The Labute approximate surface area is 163 Å². The lowest BCUT2D eigenvalue weighted by Crippen LogP contribution is -2.38. The highest BCUT2D eigenvalue weighted by Gasteiger charge is 2.29. The highest BCUT2D eigenvalue weighted by molar-refractivity contribution is 5.80. The second-order valence-corrected chi connectivity index (χ2v) is 8.36. The number of fused-ring (bicyclic) bond motifs is 2. The molecule has 3 aromatic rings. The number of rotatable bonds is 2. The maximum atomic E-state index is 13.0. The van der Waals surface area contributed by atoms with Crippen molar-refractivity contribution in [2.45, 2.75) is 46.1 Å². The molecule has 4 heterocycles. The summed E-state index contributed by atoms with van der Waals surface area (Å²) in [5.41, 5.74) is 3.57. The molecule has 0 amide bonds. The summed E-state index contributed by atoms with van der Waals surface area (Å²) in [6, 6.07) is 5.68. The van der Waals surface area contributed by atoms with E-state index in [0.717, 1.165) is 54.2 Å². The fourth-order valence-electron chi connectivity index (χ4n) is 4.04. The standard InChI is InChI=1S/C22H22N4O2/c1-22(2)9-8-19-25-17-11-14(6-7-15(17)21(27)26(19)13-22)20-24-12-18(28-20)16-5-3-4-10-23-16/h3-5,10-12H,6-9,13H2,1-2H3. The summed E-state index contributed by atoms with van der Waals surface area (Å²) in [7, 11) is 0. The molecule has 0 bridgehead atoms. The molecule has 28 heavy (non-hydrogen) atoms. The molecule has 0 saturated carbocycles. The summed E-state index contributed by atoms with van der Waals surface area (Å²) in [6.45, 7) is 5.16. The summed E-state index contributed by atoms with van der Waals surface area (Å²) < 4.78 is 7.82. The Hall–Kier alpha value is -3.02. The van der Waals surface area contributed by atoms with Crippen LogP contribution in [-0.2, 0) is 19.4 Å². The average molecular weight is 374 g/mol. The molecule has 5 rings (SSSR count). The van der Waals surface area contributed by atoms with Gasteiger partial charge in [0.2, 0.25) is 5.89 Å². The van der Waals surface area contributed by atoms with E-state index in [9.17, 15) is 4.79 Å². The Morgan fingerprint density at radius 1 is 1.14 bits per heavy atom. The zero-order chi connectivity index (χ0) is 19.3. The lowest BCUT2D eigenvalue weighted by molar-refractivity contribution is 0.238. The summed E-state index contributed by atoms with van der Waals surface area (Å²) in [4.78, 5) is 26.6. The maximum absolute atomic E-state index is 13.0. The number of aromatic nitrogens is 4. The number of hydrogen-bond donors (Lipinski definition) is 0. The molecule has 3 aromatic heterocycles. The van der Waals surface area contributed by atoms with Gasteiger partial charge in [0.1, 0.15) is 11.5 Å². The van der Waals surface area contributed by atoms with Crippen molar-refractivity contribution in [3.63, 3.8) is 0 Å². The Bertz CT molecular complexity index is 1140. The zero-order valence-corrected chi connectivity index (χ0v) is 16.1. The van der Waals surface area contributed by atoms with Crippen molar-refractivity contribution in [2.24, 2.45) is 5.41 Å². The third-order valence-corrected chi connectivity index (χ3v) is 5.64. The number of allylic oxidation sites excluding steroid dienone is 1. The van der Waals surface area contributed by atoms with E-state index in [4.69, 9.17) is 9.40 Å². The topological polar surface area (TPSA) is 73.8 Å². The maximum Gasteiger partial charge on any atom is 0.257 e. The van der Waals surface area contributed by atoms with Gasteiger partial charge in [-0.25, -0.2) is 9.97 Å². The predicted octanol–water partition coefficient (Wildman–Crippen LogP) is 3.75. The third-order valence-electron chi connectivity index (χ3n) is 5.64. The minimum Gasteiger partial charge on any atom is -0.435 e. The van der Waals surface area contributed by atoms with Gasteiger partial charge in [0.05, 0.1) is 11.9 Å². The fraction of sp³-hybridized carbons (Fsp3) is 0.364. The van der Waals surface area contributed by atoms with Gasteiger partial charge in [0.15, 0.2) is 5.76 Å². The molecule has 6 nitrogen and oxygen atoms in total. The van der Waals surface area contributed by atoms with Crippen LogP contribution in [0.3, 0.4) is 0 Å². The van der Waals surface area contributed by atoms with E-state index in [1.165, 1.54) is 0 Å². The van der Waals surface area contributed by atoms with Crippen LogP contribution in [0.2, 0.25) is 0 Å². The van der Waals surface area contributed by atoms with Crippen LogP contribution in [0.5, 0.6) is 0 Å². The molecule has 0 aromatic carbocycles. The average Bonchev–Trinajstić information content (AvgIpc) is 3.19. The number of nitrogens with zero attached hydrogens (tertiary/aromatic N) is 4. The van der Waals surface area contributed by atoms with Gasteiger partial charge in [-0.1, -0.05) is 19.9 Å². The van der Waals surface area contributed by atoms with Gasteiger partial charge in [0, 0.05) is 30.3 Å². The van der Waals surface area contributed by atoms with Crippen LogP contribution in [-0.4, -0.2) is 19.5 Å². The Morgan fingerprint density at radius 2 is 2.04 bits per heavy atom. The lowest BCUT2D eigenvalue weighted by Gasteiger charge is -2.32. The Morgan fingerprint density at radius 3 is 2.86 bits per heavy atom. The van der Waals surface area contributed by atoms with E-state index < -0.39 is 0 Å². The second-order valence-electron chi connectivity index (χ2n) is 8.36. The number of hydrogen-bond acceptors (Lipinski definition) is 5. The third kappa shape index (κ3) is 2.89. The first-order valence-electron chi connectivity index (χ1n) is 9.71. The molecule has 0 spiro atoms. The van der Waals surface area contributed by atoms with E-state index in [1.807, 2.05) is 28.8 Å². The summed E-state index contributed by atoms with van der Waals surface area (Å²) >= 11 is 0. The van der Waals surface area contributed by atoms with E-state index >= 15 is 0 Å². The summed E-state index contributed by atoms with van der Waals surface area (Å²) in [5.74, 6) is 2.11. The summed E-state index contributed by atoms with van der Waals surface area (Å²) in [6.07, 6.45) is 8.66. The molecule has 2 aliphatic rings. The van der Waals surface area contributed by atoms with Crippen LogP contribution < -0.4 is 5.56 Å². The van der Waals surface area contributed by atoms with Crippen molar-refractivity contribution >= 4 is 11.6 Å². The molecule has 0 fully saturated rings. The van der Waals surface area contributed by atoms with Crippen molar-refractivity contribution in [1.29, 1.82) is 0 Å². The first-order valence-corrected chi connectivity index (χ1v) is 9.71. The normalized spacial score (nSPS) is 17.6. The van der Waals surface area contributed by atoms with Crippen molar-refractivity contribution in [3.8, 4) is 11.5 Å². The van der Waals surface area contributed by atoms with Gasteiger partial charge in [-0.05, 0) is 42.9 Å². The van der Waals surface area contributed by atoms with Crippen molar-refractivity contribution in [3.05, 3.63) is 63.9 Å². The molecule has 0 unspecified atom stereocenters. The molecule has 1 aliphatic heterocycles. The highest BCUT2D eigenvalue weighted by Crippen LogP contribution is 2.33. The molecule has 1 aliphatic carbocycles. The fourth-order valence-corrected chi connectivity index (χ4v) is 4.04. The van der Waals surface area contributed by atoms with E-state index in [0.29, 0.717) is 18.1 Å². The van der Waals surface area contributed by atoms with Gasteiger partial charge in [-0.15, -0.1) is 0 Å². The van der Waals surface area contributed by atoms with Crippen molar-refractivity contribution in [1.82, 2.24) is 19.5 Å².